The molecule has 2 aromatic rings. The molecule has 1 aromatic carbocycles. The summed E-state index contributed by atoms with van der Waals surface area (Å²) in [7, 11) is 0. The number of imide groups is 1. The van der Waals surface area contributed by atoms with Gasteiger partial charge in [-0.15, -0.1) is 0 Å². The van der Waals surface area contributed by atoms with Crippen molar-refractivity contribution in [3.05, 3.63) is 64.9 Å². The number of halogens is 1. The highest BCUT2D eigenvalue weighted by Crippen LogP contribution is 2.41. The summed E-state index contributed by atoms with van der Waals surface area (Å²) in [6.45, 7) is 2.17. The van der Waals surface area contributed by atoms with Crippen molar-refractivity contribution in [3.63, 3.8) is 0 Å². The number of benzene rings is 1. The maximum Gasteiger partial charge on any atom is 0.252 e. The van der Waals surface area contributed by atoms with Crippen LogP contribution in [0.4, 0.5) is 0 Å². The Labute approximate surface area is 179 Å². The van der Waals surface area contributed by atoms with E-state index in [4.69, 9.17) is 11.6 Å². The second-order valence-corrected chi connectivity index (χ2v) is 8.78. The van der Waals surface area contributed by atoms with Crippen LogP contribution in [0.5, 0.6) is 0 Å². The Hall–Kier alpha value is -2.32. The first-order chi connectivity index (χ1) is 14.5. The molecular weight excluding hydrogens is 404 g/mol. The first-order valence-electron chi connectivity index (χ1n) is 10.1. The summed E-state index contributed by atoms with van der Waals surface area (Å²) in [5.74, 6) is -0.444. The maximum atomic E-state index is 13.6. The lowest BCUT2D eigenvalue weighted by atomic mass is 9.82. The molecule has 30 heavy (non-hydrogen) atoms. The Morgan fingerprint density at radius 2 is 1.87 bits per heavy atom. The Kier molecular flexibility index (Phi) is 4.86. The van der Waals surface area contributed by atoms with E-state index in [-0.39, 0.29) is 18.4 Å². The van der Waals surface area contributed by atoms with Gasteiger partial charge in [-0.2, -0.15) is 0 Å². The van der Waals surface area contributed by atoms with Gasteiger partial charge in [0.05, 0.1) is 24.4 Å². The number of rotatable bonds is 4. The number of aliphatic hydroxyl groups excluding tert-OH is 1. The molecule has 8 heteroatoms. The molecule has 7 nitrogen and oxygen atoms in total. The van der Waals surface area contributed by atoms with Crippen LogP contribution < -0.4 is 0 Å². The first kappa shape index (κ1) is 19.6. The van der Waals surface area contributed by atoms with Gasteiger partial charge in [0, 0.05) is 37.4 Å². The quantitative estimate of drug-likeness (QED) is 0.742. The van der Waals surface area contributed by atoms with Crippen LogP contribution in [0.2, 0.25) is 5.02 Å². The Bertz CT molecular complexity index is 979. The van der Waals surface area contributed by atoms with Gasteiger partial charge in [-0.25, -0.2) is 0 Å². The van der Waals surface area contributed by atoms with E-state index in [1.807, 2.05) is 41.3 Å². The number of fused-ring (bicyclic) bond motifs is 2. The van der Waals surface area contributed by atoms with Crippen molar-refractivity contribution >= 4 is 23.4 Å². The van der Waals surface area contributed by atoms with Crippen LogP contribution in [0.25, 0.3) is 0 Å². The van der Waals surface area contributed by atoms with Crippen molar-refractivity contribution in [1.29, 1.82) is 0 Å². The summed E-state index contributed by atoms with van der Waals surface area (Å²) in [5.41, 5.74) is 0.900. The molecule has 3 fully saturated rings. The number of nitrogens with zero attached hydrogens (tertiary/aromatic N) is 4. The summed E-state index contributed by atoms with van der Waals surface area (Å²) in [4.78, 5) is 36.6. The fourth-order valence-electron chi connectivity index (χ4n) is 4.96. The first-order valence-corrected chi connectivity index (χ1v) is 10.5. The highest BCUT2D eigenvalue weighted by Gasteiger charge is 2.64. The summed E-state index contributed by atoms with van der Waals surface area (Å²) >= 11 is 6.29. The number of aliphatic hydroxyl groups is 1. The smallest absolute Gasteiger partial charge is 0.252 e. The number of aromatic nitrogens is 1. The molecule has 1 N–H and O–H groups in total. The Morgan fingerprint density at radius 1 is 1.10 bits per heavy atom. The SMILES string of the molecule is O=C1C2CC(O)CN2C2(CN(Cc3ccccn3)C2)C(=O)N1Cc1ccccc1Cl. The van der Waals surface area contributed by atoms with Crippen LogP contribution in [0, 0.1) is 0 Å². The molecule has 0 aliphatic carbocycles. The largest absolute Gasteiger partial charge is 0.392 e. The van der Waals surface area contributed by atoms with E-state index in [1.165, 1.54) is 4.90 Å². The molecule has 1 spiro atoms. The maximum absolute atomic E-state index is 13.6. The summed E-state index contributed by atoms with van der Waals surface area (Å²) in [6, 6.07) is 12.6. The minimum absolute atomic E-state index is 0.153. The molecular formula is C22H23ClN4O3. The molecule has 0 bridgehead atoms. The number of β-amino-alcohol motifs (C(OH)–C–C–N with tert-alkyl or cyclic N) is 1. The second-order valence-electron chi connectivity index (χ2n) is 8.38. The molecule has 4 heterocycles. The lowest BCUT2D eigenvalue weighted by Crippen LogP contribution is -2.81. The normalized spacial score (nSPS) is 26.1. The molecule has 156 valence electrons. The zero-order chi connectivity index (χ0) is 20.9. The number of hydrogen-bond donors (Lipinski definition) is 1. The van der Waals surface area contributed by atoms with Gasteiger partial charge in [-0.3, -0.25) is 29.3 Å². The zero-order valence-electron chi connectivity index (χ0n) is 16.4. The summed E-state index contributed by atoms with van der Waals surface area (Å²) in [5, 5.41) is 10.8. The average Bonchev–Trinajstić information content (AvgIpc) is 3.11. The van der Waals surface area contributed by atoms with E-state index >= 15 is 0 Å². The highest BCUT2D eigenvalue weighted by atomic mass is 35.5. The number of likely N-dealkylation sites (tertiary alicyclic amines) is 1. The Morgan fingerprint density at radius 3 is 2.60 bits per heavy atom. The molecule has 2 amide bonds. The molecule has 3 saturated heterocycles. The number of pyridine rings is 1. The van der Waals surface area contributed by atoms with E-state index < -0.39 is 17.7 Å². The van der Waals surface area contributed by atoms with Gasteiger partial charge in [0.2, 0.25) is 5.91 Å². The predicted octanol–water partition coefficient (Wildman–Crippen LogP) is 1.29. The van der Waals surface area contributed by atoms with Crippen molar-refractivity contribution in [2.45, 2.75) is 37.2 Å². The number of carbonyl (C=O) groups excluding carboxylic acids is 2. The van der Waals surface area contributed by atoms with Gasteiger partial charge in [0.1, 0.15) is 5.54 Å². The molecule has 5 rings (SSSR count). The molecule has 2 unspecified atom stereocenters. The third-order valence-electron chi connectivity index (χ3n) is 6.39. The number of carbonyl (C=O) groups is 2. The van der Waals surface area contributed by atoms with Crippen molar-refractivity contribution in [1.82, 2.24) is 19.7 Å². The topological polar surface area (TPSA) is 77.0 Å². The van der Waals surface area contributed by atoms with Gasteiger partial charge in [-0.05, 0) is 30.2 Å². The fourth-order valence-corrected chi connectivity index (χ4v) is 5.16. The van der Waals surface area contributed by atoms with Crippen molar-refractivity contribution in [3.8, 4) is 0 Å². The zero-order valence-corrected chi connectivity index (χ0v) is 17.2. The minimum Gasteiger partial charge on any atom is -0.392 e. The van der Waals surface area contributed by atoms with E-state index in [1.54, 1.807) is 12.3 Å². The van der Waals surface area contributed by atoms with E-state index in [0.29, 0.717) is 37.6 Å². The lowest BCUT2D eigenvalue weighted by Gasteiger charge is -2.58. The average molecular weight is 427 g/mol. The summed E-state index contributed by atoms with van der Waals surface area (Å²) < 4.78 is 0. The van der Waals surface area contributed by atoms with Gasteiger partial charge in [-0.1, -0.05) is 35.9 Å². The van der Waals surface area contributed by atoms with Crippen molar-refractivity contribution in [2.75, 3.05) is 19.6 Å². The second kappa shape index (κ2) is 7.42. The van der Waals surface area contributed by atoms with E-state index in [9.17, 15) is 14.7 Å². The lowest BCUT2D eigenvalue weighted by molar-refractivity contribution is -0.181. The molecule has 0 radical (unpaired) electrons. The highest BCUT2D eigenvalue weighted by molar-refractivity contribution is 6.31. The van der Waals surface area contributed by atoms with Gasteiger partial charge < -0.3 is 5.11 Å². The molecule has 2 atom stereocenters. The van der Waals surface area contributed by atoms with Gasteiger partial charge in [0.15, 0.2) is 0 Å². The Balaban J connectivity index is 1.41. The third-order valence-corrected chi connectivity index (χ3v) is 6.76. The molecule has 1 aromatic heterocycles. The van der Waals surface area contributed by atoms with Crippen LogP contribution in [0.3, 0.4) is 0 Å². The van der Waals surface area contributed by atoms with Crippen LogP contribution in [0.1, 0.15) is 17.7 Å². The molecule has 3 aliphatic rings. The van der Waals surface area contributed by atoms with E-state index in [2.05, 4.69) is 9.88 Å². The van der Waals surface area contributed by atoms with E-state index in [0.717, 1.165) is 11.3 Å². The summed E-state index contributed by atoms with van der Waals surface area (Å²) in [6.07, 6.45) is 1.51. The van der Waals surface area contributed by atoms with Crippen LogP contribution in [0.15, 0.2) is 48.7 Å². The van der Waals surface area contributed by atoms with Crippen LogP contribution in [-0.4, -0.2) is 73.9 Å². The van der Waals surface area contributed by atoms with Gasteiger partial charge in [0.25, 0.3) is 5.91 Å². The van der Waals surface area contributed by atoms with Crippen molar-refractivity contribution in [2.24, 2.45) is 0 Å². The number of amides is 2. The standard InChI is InChI=1S/C22H23ClN4O3/c23-18-7-2-1-5-15(18)10-26-20(29)19-9-17(28)12-27(19)22(21(26)30)13-25(14-22)11-16-6-3-4-8-24-16/h1-8,17,19,28H,9-14H2. The van der Waals surface area contributed by atoms with Crippen LogP contribution >= 0.6 is 11.6 Å². The minimum atomic E-state index is -0.786. The predicted molar refractivity (Wildman–Crippen MR) is 110 cm³/mol. The van der Waals surface area contributed by atoms with Crippen molar-refractivity contribution < 1.29 is 14.7 Å². The molecule has 3 aliphatic heterocycles. The van der Waals surface area contributed by atoms with Crippen LogP contribution in [-0.2, 0) is 22.7 Å². The third kappa shape index (κ3) is 3.13. The van der Waals surface area contributed by atoms with Gasteiger partial charge >= 0.3 is 0 Å². The number of piperazine rings is 1. The molecule has 0 saturated carbocycles. The fraction of sp³-hybridized carbons (Fsp3) is 0.409. The monoisotopic (exact) mass is 426 g/mol. The number of hydrogen-bond acceptors (Lipinski definition) is 6.